The van der Waals surface area contributed by atoms with Gasteiger partial charge < -0.3 is 13.9 Å². The van der Waals surface area contributed by atoms with E-state index in [1.54, 1.807) is 6.92 Å². The van der Waals surface area contributed by atoms with Crippen molar-refractivity contribution in [2.24, 2.45) is 0 Å². The van der Waals surface area contributed by atoms with Crippen molar-refractivity contribution in [3.05, 3.63) is 87.8 Å². The number of hydrogen-bond donors (Lipinski definition) is 1. The first-order chi connectivity index (χ1) is 12.1. The van der Waals surface area contributed by atoms with E-state index in [1.165, 1.54) is 0 Å². The van der Waals surface area contributed by atoms with Crippen LogP contribution in [-0.4, -0.2) is 5.11 Å². The zero-order chi connectivity index (χ0) is 17.4. The van der Waals surface area contributed by atoms with Crippen LogP contribution in [0, 0.1) is 6.92 Å². The first-order valence-electron chi connectivity index (χ1n) is 8.02. The third-order valence-corrected chi connectivity index (χ3v) is 4.29. The molecule has 0 fully saturated rings. The molecule has 0 unspecified atom stereocenters. The number of benzene rings is 2. The normalized spacial score (nSPS) is 11.1. The highest BCUT2D eigenvalue weighted by Gasteiger charge is 2.21. The van der Waals surface area contributed by atoms with Gasteiger partial charge in [-0.2, -0.15) is 0 Å². The summed E-state index contributed by atoms with van der Waals surface area (Å²) < 4.78 is 11.3. The molecule has 0 aliphatic rings. The van der Waals surface area contributed by atoms with Crippen molar-refractivity contribution in [1.29, 1.82) is 0 Å². The molecule has 0 aliphatic carbocycles. The molecular weight excluding hydrogens is 316 g/mol. The number of fused-ring (bicyclic) bond motifs is 1. The monoisotopic (exact) mass is 332 g/mol. The molecule has 2 heterocycles. The maximum Gasteiger partial charge on any atom is 0.343 e. The lowest BCUT2D eigenvalue weighted by Gasteiger charge is -2.10. The Bertz CT molecular complexity index is 1070. The standard InChI is InChI=1S/C21H16O4/c1-13-19(22)16(11-14-7-3-2-4-8-14)20(25-21(13)23)18-12-15-9-5-6-10-17(15)24-18/h2-10,12,22H,11H2,1H3. The van der Waals surface area contributed by atoms with Crippen LogP contribution < -0.4 is 5.63 Å². The first kappa shape index (κ1) is 15.3. The number of aromatic hydroxyl groups is 1. The summed E-state index contributed by atoms with van der Waals surface area (Å²) in [4.78, 5) is 12.1. The Morgan fingerprint density at radius 3 is 2.44 bits per heavy atom. The van der Waals surface area contributed by atoms with Crippen LogP contribution in [0.2, 0.25) is 0 Å². The fraction of sp³-hybridized carbons (Fsp3) is 0.0952. The van der Waals surface area contributed by atoms with Gasteiger partial charge in [-0.15, -0.1) is 0 Å². The van der Waals surface area contributed by atoms with Crippen LogP contribution in [0.1, 0.15) is 16.7 Å². The Hall–Kier alpha value is -3.27. The van der Waals surface area contributed by atoms with Gasteiger partial charge in [0.05, 0.1) is 5.56 Å². The van der Waals surface area contributed by atoms with Gasteiger partial charge >= 0.3 is 5.63 Å². The zero-order valence-electron chi connectivity index (χ0n) is 13.7. The van der Waals surface area contributed by atoms with Gasteiger partial charge in [0.15, 0.2) is 11.5 Å². The average molecular weight is 332 g/mol. The van der Waals surface area contributed by atoms with Crippen LogP contribution in [0.3, 0.4) is 0 Å². The van der Waals surface area contributed by atoms with Gasteiger partial charge in [-0.25, -0.2) is 4.79 Å². The molecule has 2 aromatic heterocycles. The minimum Gasteiger partial charge on any atom is -0.507 e. The second-order valence-electron chi connectivity index (χ2n) is 5.98. The van der Waals surface area contributed by atoms with Crippen molar-refractivity contribution in [3.63, 3.8) is 0 Å². The fourth-order valence-corrected chi connectivity index (χ4v) is 2.92. The SMILES string of the molecule is Cc1c(O)c(Cc2ccccc2)c(-c2cc3ccccc3o2)oc1=O. The smallest absolute Gasteiger partial charge is 0.343 e. The molecule has 0 atom stereocenters. The molecule has 4 rings (SSSR count). The van der Waals surface area contributed by atoms with E-state index in [2.05, 4.69) is 0 Å². The minimum atomic E-state index is -0.565. The lowest BCUT2D eigenvalue weighted by atomic mass is 10.0. The average Bonchev–Trinajstić information content (AvgIpc) is 3.07. The summed E-state index contributed by atoms with van der Waals surface area (Å²) in [5.74, 6) is 0.656. The molecule has 0 spiro atoms. The van der Waals surface area contributed by atoms with Crippen LogP contribution in [-0.2, 0) is 6.42 Å². The topological polar surface area (TPSA) is 63.6 Å². The summed E-state index contributed by atoms with van der Waals surface area (Å²) >= 11 is 0. The fourth-order valence-electron chi connectivity index (χ4n) is 2.92. The van der Waals surface area contributed by atoms with E-state index < -0.39 is 5.63 Å². The third kappa shape index (κ3) is 2.72. The van der Waals surface area contributed by atoms with Gasteiger partial charge in [0.1, 0.15) is 11.3 Å². The van der Waals surface area contributed by atoms with E-state index in [4.69, 9.17) is 8.83 Å². The van der Waals surface area contributed by atoms with Gasteiger partial charge in [0.2, 0.25) is 0 Å². The van der Waals surface area contributed by atoms with Crippen LogP contribution in [0.15, 0.2) is 74.3 Å². The second kappa shape index (κ2) is 5.98. The molecule has 2 aromatic carbocycles. The Morgan fingerprint density at radius 1 is 0.960 bits per heavy atom. The highest BCUT2D eigenvalue weighted by molar-refractivity contribution is 5.82. The molecule has 0 saturated heterocycles. The van der Waals surface area contributed by atoms with E-state index >= 15 is 0 Å². The Kier molecular flexibility index (Phi) is 3.65. The van der Waals surface area contributed by atoms with Crippen LogP contribution >= 0.6 is 0 Å². The quantitative estimate of drug-likeness (QED) is 0.593. The predicted molar refractivity (Wildman–Crippen MR) is 95.8 cm³/mol. The number of hydrogen-bond acceptors (Lipinski definition) is 4. The van der Waals surface area contributed by atoms with Gasteiger partial charge in [0.25, 0.3) is 0 Å². The van der Waals surface area contributed by atoms with E-state index in [0.717, 1.165) is 10.9 Å². The molecule has 0 radical (unpaired) electrons. The van der Waals surface area contributed by atoms with Crippen molar-refractivity contribution < 1.29 is 13.9 Å². The summed E-state index contributed by atoms with van der Waals surface area (Å²) in [6.07, 6.45) is 0.434. The summed E-state index contributed by atoms with van der Waals surface area (Å²) in [7, 11) is 0. The molecule has 4 aromatic rings. The van der Waals surface area contributed by atoms with Crippen LogP contribution in [0.5, 0.6) is 5.75 Å². The van der Waals surface area contributed by atoms with Crippen molar-refractivity contribution in [2.75, 3.05) is 0 Å². The summed E-state index contributed by atoms with van der Waals surface area (Å²) in [5.41, 5.74) is 1.88. The molecule has 25 heavy (non-hydrogen) atoms. The van der Waals surface area contributed by atoms with Gasteiger partial charge in [-0.05, 0) is 24.6 Å². The van der Waals surface area contributed by atoms with Crippen LogP contribution in [0.4, 0.5) is 0 Å². The molecule has 4 heteroatoms. The van der Waals surface area contributed by atoms with E-state index in [-0.39, 0.29) is 17.1 Å². The van der Waals surface area contributed by atoms with Crippen molar-refractivity contribution in [2.45, 2.75) is 13.3 Å². The maximum absolute atomic E-state index is 12.1. The lowest BCUT2D eigenvalue weighted by Crippen LogP contribution is -2.07. The third-order valence-electron chi connectivity index (χ3n) is 4.29. The Labute approximate surface area is 144 Å². The van der Waals surface area contributed by atoms with E-state index in [1.807, 2.05) is 60.7 Å². The minimum absolute atomic E-state index is 0.0458. The zero-order valence-corrected chi connectivity index (χ0v) is 13.7. The van der Waals surface area contributed by atoms with Crippen molar-refractivity contribution in [1.82, 2.24) is 0 Å². The highest BCUT2D eigenvalue weighted by Crippen LogP contribution is 2.35. The number of para-hydroxylation sites is 1. The lowest BCUT2D eigenvalue weighted by molar-refractivity contribution is 0.431. The Balaban J connectivity index is 1.93. The van der Waals surface area contributed by atoms with Crippen molar-refractivity contribution >= 4 is 11.0 Å². The molecule has 1 N–H and O–H groups in total. The molecular formula is C21H16O4. The molecule has 0 amide bonds. The van der Waals surface area contributed by atoms with Gasteiger partial charge in [-0.1, -0.05) is 48.5 Å². The Morgan fingerprint density at radius 2 is 1.68 bits per heavy atom. The van der Waals surface area contributed by atoms with Gasteiger partial charge in [0, 0.05) is 17.4 Å². The summed E-state index contributed by atoms with van der Waals surface area (Å²) in [6.45, 7) is 1.55. The largest absolute Gasteiger partial charge is 0.507 e. The van der Waals surface area contributed by atoms with E-state index in [9.17, 15) is 9.90 Å². The van der Waals surface area contributed by atoms with E-state index in [0.29, 0.717) is 23.3 Å². The highest BCUT2D eigenvalue weighted by atomic mass is 16.4. The predicted octanol–water partition coefficient (Wildman–Crippen LogP) is 4.66. The number of furan rings is 1. The number of rotatable bonds is 3. The molecule has 0 aliphatic heterocycles. The van der Waals surface area contributed by atoms with Gasteiger partial charge in [-0.3, -0.25) is 0 Å². The second-order valence-corrected chi connectivity index (χ2v) is 5.98. The maximum atomic E-state index is 12.1. The van der Waals surface area contributed by atoms with Crippen LogP contribution in [0.25, 0.3) is 22.5 Å². The molecule has 124 valence electrons. The molecule has 4 nitrogen and oxygen atoms in total. The molecule has 0 bridgehead atoms. The summed E-state index contributed by atoms with van der Waals surface area (Å²) in [5, 5.41) is 11.5. The van der Waals surface area contributed by atoms with Crippen molar-refractivity contribution in [3.8, 4) is 17.3 Å². The summed E-state index contributed by atoms with van der Waals surface area (Å²) in [6, 6.07) is 19.1. The molecule has 0 saturated carbocycles. The first-order valence-corrected chi connectivity index (χ1v) is 8.02.